The highest BCUT2D eigenvalue weighted by Gasteiger charge is 2.10. The number of methoxy groups -OCH3 is 2. The van der Waals surface area contributed by atoms with E-state index in [0.717, 1.165) is 22.2 Å². The van der Waals surface area contributed by atoms with Gasteiger partial charge in [-0.25, -0.2) is 9.59 Å². The zero-order valence-corrected chi connectivity index (χ0v) is 22.4. The Hall–Kier alpha value is -2.68. The van der Waals surface area contributed by atoms with E-state index in [2.05, 4.69) is 45.6 Å². The van der Waals surface area contributed by atoms with Crippen LogP contribution < -0.4 is 0 Å². The highest BCUT2D eigenvalue weighted by Crippen LogP contribution is 2.14. The van der Waals surface area contributed by atoms with Gasteiger partial charge in [-0.2, -0.15) is 0 Å². The molecule has 0 atom stereocenters. The van der Waals surface area contributed by atoms with Crippen molar-refractivity contribution in [2.24, 2.45) is 0 Å². The lowest BCUT2D eigenvalue weighted by Crippen LogP contribution is -2.04. The van der Waals surface area contributed by atoms with E-state index in [9.17, 15) is 14.4 Å². The van der Waals surface area contributed by atoms with Crippen LogP contribution in [0.5, 0.6) is 0 Å². The number of ether oxygens (including phenoxy) is 3. The van der Waals surface area contributed by atoms with Crippen molar-refractivity contribution in [3.05, 3.63) is 80.6 Å². The average molecular weight is 568 g/mol. The summed E-state index contributed by atoms with van der Waals surface area (Å²) in [6, 6.07) is 10.4. The van der Waals surface area contributed by atoms with Crippen LogP contribution >= 0.6 is 22.6 Å². The number of hydrogen-bond acceptors (Lipinski definition) is 6. The van der Waals surface area contributed by atoms with Gasteiger partial charge in [0.25, 0.3) is 0 Å². The third kappa shape index (κ3) is 11.7. The van der Waals surface area contributed by atoms with Crippen LogP contribution in [0.3, 0.4) is 0 Å². The van der Waals surface area contributed by atoms with Crippen molar-refractivity contribution in [1.82, 2.24) is 0 Å². The molecule has 0 heterocycles. The van der Waals surface area contributed by atoms with E-state index in [4.69, 9.17) is 4.74 Å². The van der Waals surface area contributed by atoms with Crippen molar-refractivity contribution in [1.29, 1.82) is 0 Å². The molecule has 0 N–H and O–H groups in total. The zero-order chi connectivity index (χ0) is 25.4. The number of hydrogen-bond donors (Lipinski definition) is 0. The van der Waals surface area contributed by atoms with Gasteiger partial charge in [0.1, 0.15) is 0 Å². The summed E-state index contributed by atoms with van der Waals surface area (Å²) in [5.74, 6) is -0.756. The molecule has 2 aromatic rings. The van der Waals surface area contributed by atoms with E-state index in [0.29, 0.717) is 16.7 Å². The molecule has 0 unspecified atom stereocenters. The minimum Gasteiger partial charge on any atom is -0.502 e. The second-order valence-electron chi connectivity index (χ2n) is 6.92. The number of esters is 2. The van der Waals surface area contributed by atoms with E-state index >= 15 is 0 Å². The first-order valence-electron chi connectivity index (χ1n) is 10.4. The largest absolute Gasteiger partial charge is 0.502 e. The Labute approximate surface area is 210 Å². The van der Waals surface area contributed by atoms with Crippen LogP contribution in [0.15, 0.2) is 49.2 Å². The van der Waals surface area contributed by atoms with Gasteiger partial charge in [0.15, 0.2) is 5.78 Å². The summed E-state index contributed by atoms with van der Waals surface area (Å²) in [6.45, 7) is 11.7. The fourth-order valence-electron chi connectivity index (χ4n) is 2.39. The van der Waals surface area contributed by atoms with E-state index in [1.54, 1.807) is 24.3 Å². The van der Waals surface area contributed by atoms with Gasteiger partial charge < -0.3 is 14.2 Å². The minimum absolute atomic E-state index is 0.0479. The molecule has 180 valence electrons. The van der Waals surface area contributed by atoms with Gasteiger partial charge in [-0.15, -0.1) is 0 Å². The van der Waals surface area contributed by atoms with E-state index in [1.165, 1.54) is 39.4 Å². The summed E-state index contributed by atoms with van der Waals surface area (Å²) in [4.78, 5) is 33.4. The van der Waals surface area contributed by atoms with Gasteiger partial charge in [0.2, 0.25) is 0 Å². The second kappa shape index (κ2) is 16.9. The molecule has 7 heteroatoms. The van der Waals surface area contributed by atoms with Crippen LogP contribution in [0.4, 0.5) is 0 Å². The first-order valence-corrected chi connectivity index (χ1v) is 11.5. The highest BCUT2D eigenvalue weighted by molar-refractivity contribution is 14.1. The molecule has 0 saturated carbocycles. The zero-order valence-electron chi connectivity index (χ0n) is 20.2. The number of ketones is 1. The van der Waals surface area contributed by atoms with Crippen LogP contribution in [0.1, 0.15) is 68.9 Å². The molecule has 0 fully saturated rings. The Bertz CT molecular complexity index is 936. The van der Waals surface area contributed by atoms with Gasteiger partial charge in [0, 0.05) is 9.13 Å². The van der Waals surface area contributed by atoms with E-state index in [-0.39, 0.29) is 11.8 Å². The number of carbonyl (C=O) groups excluding carboxylic acids is 3. The molecular formula is C26H33IO6. The van der Waals surface area contributed by atoms with Crippen LogP contribution in [0.2, 0.25) is 0 Å². The fourth-order valence-corrected chi connectivity index (χ4v) is 2.91. The molecule has 0 saturated heterocycles. The maximum Gasteiger partial charge on any atom is 0.337 e. The van der Waals surface area contributed by atoms with Crippen LogP contribution in [-0.2, 0) is 14.2 Å². The molecule has 0 aromatic heterocycles. The smallest absolute Gasteiger partial charge is 0.337 e. The molecule has 0 amide bonds. The summed E-state index contributed by atoms with van der Waals surface area (Å²) in [5.41, 5.74) is 3.61. The molecule has 0 bridgehead atoms. The van der Waals surface area contributed by atoms with Crippen molar-refractivity contribution in [2.45, 2.75) is 40.5 Å². The Morgan fingerprint density at radius 2 is 1.45 bits per heavy atom. The fraction of sp³-hybridized carbons (Fsp3) is 0.346. The van der Waals surface area contributed by atoms with Gasteiger partial charge in [0.05, 0.1) is 38.2 Å². The molecule has 0 aliphatic heterocycles. The summed E-state index contributed by atoms with van der Waals surface area (Å²) >= 11 is 2.19. The summed E-state index contributed by atoms with van der Waals surface area (Å²) in [6.07, 6.45) is 3.80. The molecule has 2 aromatic carbocycles. The minimum atomic E-state index is -0.424. The first kappa shape index (κ1) is 30.3. The van der Waals surface area contributed by atoms with Crippen molar-refractivity contribution in [3.63, 3.8) is 0 Å². The monoisotopic (exact) mass is 568 g/mol. The number of unbranched alkanes of at least 4 members (excludes halogenated alkanes) is 1. The SMILES string of the molecule is C=COCCCC.COC(=O)c1ccc(C)c(C(C)=O)c1.COC(=O)c1ccc(C)c(I)c1. The standard InChI is InChI=1S/C11H12O3.C9H9IO2.C6H12O/c1-7-4-5-9(11(13)14-3)6-10(7)8(2)12;1-6-3-4-7(5-8(6)10)9(11)12-2;1-3-5-6-7-4-2/h4-6H,1-3H3;3-5H,1-2H3;4H,2-3,5-6H2,1H3. The van der Waals surface area contributed by atoms with Gasteiger partial charge in [-0.05, 0) is 85.2 Å². The van der Waals surface area contributed by atoms with Gasteiger partial charge in [-0.3, -0.25) is 4.79 Å². The maximum atomic E-state index is 11.2. The maximum absolute atomic E-state index is 11.2. The van der Waals surface area contributed by atoms with Crippen LogP contribution in [-0.4, -0.2) is 38.5 Å². The number of rotatable bonds is 7. The molecule has 6 nitrogen and oxygen atoms in total. The topological polar surface area (TPSA) is 78.9 Å². The molecule has 2 rings (SSSR count). The van der Waals surface area contributed by atoms with E-state index < -0.39 is 5.97 Å². The third-order valence-electron chi connectivity index (χ3n) is 4.36. The summed E-state index contributed by atoms with van der Waals surface area (Å²) in [7, 11) is 2.70. The molecule has 0 spiro atoms. The van der Waals surface area contributed by atoms with Crippen LogP contribution in [0.25, 0.3) is 0 Å². The number of aryl methyl sites for hydroxylation is 2. The second-order valence-corrected chi connectivity index (χ2v) is 8.09. The molecule has 0 aliphatic carbocycles. The lowest BCUT2D eigenvalue weighted by atomic mass is 10.0. The molecule has 0 radical (unpaired) electrons. The van der Waals surface area contributed by atoms with Crippen molar-refractivity contribution < 1.29 is 28.6 Å². The number of benzene rings is 2. The third-order valence-corrected chi connectivity index (χ3v) is 5.53. The summed E-state index contributed by atoms with van der Waals surface area (Å²) < 4.78 is 15.1. The van der Waals surface area contributed by atoms with Crippen molar-refractivity contribution >= 4 is 40.3 Å². The molecule has 0 aliphatic rings. The molecular weight excluding hydrogens is 535 g/mol. The Kier molecular flexibility index (Phi) is 15.5. The number of halogens is 1. The Morgan fingerprint density at radius 1 is 0.939 bits per heavy atom. The molecule has 33 heavy (non-hydrogen) atoms. The normalized spacial score (nSPS) is 9.30. The highest BCUT2D eigenvalue weighted by atomic mass is 127. The average Bonchev–Trinajstić information content (AvgIpc) is 2.81. The van der Waals surface area contributed by atoms with Crippen molar-refractivity contribution in [2.75, 3.05) is 20.8 Å². The number of carbonyl (C=O) groups is 3. The van der Waals surface area contributed by atoms with E-state index in [1.807, 2.05) is 26.0 Å². The predicted molar refractivity (Wildman–Crippen MR) is 139 cm³/mol. The Balaban J connectivity index is 0.000000492. The van der Waals surface area contributed by atoms with Crippen molar-refractivity contribution in [3.8, 4) is 0 Å². The predicted octanol–water partition coefficient (Wildman–Crippen LogP) is 6.32. The van der Waals surface area contributed by atoms with Gasteiger partial charge in [-0.1, -0.05) is 32.1 Å². The van der Waals surface area contributed by atoms with Crippen LogP contribution in [0, 0.1) is 17.4 Å². The number of Topliss-reactive ketones (excluding diaryl/α,β-unsaturated/α-hetero) is 1. The summed E-state index contributed by atoms with van der Waals surface area (Å²) in [5, 5.41) is 0. The lowest BCUT2D eigenvalue weighted by Gasteiger charge is -2.04. The quantitative estimate of drug-likeness (QED) is 0.128. The van der Waals surface area contributed by atoms with Gasteiger partial charge >= 0.3 is 11.9 Å². The lowest BCUT2D eigenvalue weighted by molar-refractivity contribution is 0.0591. The first-order chi connectivity index (χ1) is 15.6. The Morgan fingerprint density at radius 3 is 1.88 bits per heavy atom.